The standard InChI is InChI=1S/C14H21N5O/c1-15-14(19-11-5-2-3-6-11)17-10-13(20)18-12-7-4-8-16-9-12/h4,7-9,11H,2-3,5-6,10H2,1H3,(H,18,20)(H2,15,17,19). The minimum atomic E-state index is -0.118. The molecule has 0 spiro atoms. The Morgan fingerprint density at radius 2 is 2.25 bits per heavy atom. The van der Waals surface area contributed by atoms with E-state index < -0.39 is 0 Å². The Kier molecular flexibility index (Phi) is 5.34. The van der Waals surface area contributed by atoms with Crippen LogP contribution in [0.2, 0.25) is 0 Å². The van der Waals surface area contributed by atoms with Gasteiger partial charge in [0, 0.05) is 19.3 Å². The molecule has 6 heteroatoms. The van der Waals surface area contributed by atoms with Gasteiger partial charge in [0.05, 0.1) is 18.4 Å². The Morgan fingerprint density at radius 3 is 2.90 bits per heavy atom. The molecule has 1 aliphatic rings. The zero-order valence-electron chi connectivity index (χ0n) is 11.7. The molecule has 0 bridgehead atoms. The van der Waals surface area contributed by atoms with Crippen molar-refractivity contribution in [2.75, 3.05) is 18.9 Å². The lowest BCUT2D eigenvalue weighted by molar-refractivity contribution is -0.115. The normalized spacial score (nSPS) is 15.9. The lowest BCUT2D eigenvalue weighted by atomic mass is 10.2. The van der Waals surface area contributed by atoms with Crippen LogP contribution >= 0.6 is 0 Å². The number of rotatable bonds is 4. The van der Waals surface area contributed by atoms with Crippen molar-refractivity contribution >= 4 is 17.6 Å². The summed E-state index contributed by atoms with van der Waals surface area (Å²) in [5.74, 6) is 0.561. The molecule has 20 heavy (non-hydrogen) atoms. The topological polar surface area (TPSA) is 78.4 Å². The number of carbonyl (C=O) groups excluding carboxylic acids is 1. The molecule has 0 saturated heterocycles. The molecule has 0 aliphatic heterocycles. The van der Waals surface area contributed by atoms with E-state index >= 15 is 0 Å². The third kappa shape index (κ3) is 4.53. The van der Waals surface area contributed by atoms with Crippen molar-refractivity contribution in [1.82, 2.24) is 15.6 Å². The van der Waals surface area contributed by atoms with Gasteiger partial charge in [-0.3, -0.25) is 14.8 Å². The summed E-state index contributed by atoms with van der Waals surface area (Å²) in [5, 5.41) is 9.12. The number of guanidine groups is 1. The van der Waals surface area contributed by atoms with Gasteiger partial charge in [0.2, 0.25) is 5.91 Å². The van der Waals surface area contributed by atoms with Gasteiger partial charge in [0.25, 0.3) is 0 Å². The largest absolute Gasteiger partial charge is 0.354 e. The molecule has 1 heterocycles. The number of aliphatic imine (C=N–C) groups is 1. The third-order valence-corrected chi connectivity index (χ3v) is 3.28. The van der Waals surface area contributed by atoms with Crippen LogP contribution < -0.4 is 16.0 Å². The van der Waals surface area contributed by atoms with Crippen LogP contribution in [0.5, 0.6) is 0 Å². The minimum absolute atomic E-state index is 0.118. The van der Waals surface area contributed by atoms with E-state index in [2.05, 4.69) is 25.9 Å². The van der Waals surface area contributed by atoms with Crippen LogP contribution in [0.1, 0.15) is 25.7 Å². The van der Waals surface area contributed by atoms with E-state index in [4.69, 9.17) is 0 Å². The van der Waals surface area contributed by atoms with Crippen molar-refractivity contribution in [1.29, 1.82) is 0 Å². The molecule has 1 amide bonds. The molecular weight excluding hydrogens is 254 g/mol. The second-order valence-electron chi connectivity index (χ2n) is 4.84. The highest BCUT2D eigenvalue weighted by Crippen LogP contribution is 2.17. The number of aromatic nitrogens is 1. The van der Waals surface area contributed by atoms with Gasteiger partial charge in [0.1, 0.15) is 0 Å². The molecule has 1 saturated carbocycles. The van der Waals surface area contributed by atoms with Crippen molar-refractivity contribution < 1.29 is 4.79 Å². The van der Waals surface area contributed by atoms with E-state index in [1.165, 1.54) is 25.7 Å². The van der Waals surface area contributed by atoms with E-state index in [1.807, 2.05) is 0 Å². The summed E-state index contributed by atoms with van der Waals surface area (Å²) >= 11 is 0. The number of pyridine rings is 1. The predicted molar refractivity (Wildman–Crippen MR) is 79.6 cm³/mol. The fraction of sp³-hybridized carbons (Fsp3) is 0.500. The predicted octanol–water partition coefficient (Wildman–Crippen LogP) is 1.13. The van der Waals surface area contributed by atoms with Gasteiger partial charge in [0.15, 0.2) is 5.96 Å². The van der Waals surface area contributed by atoms with Crippen LogP contribution in [0.3, 0.4) is 0 Å². The smallest absolute Gasteiger partial charge is 0.243 e. The lowest BCUT2D eigenvalue weighted by Crippen LogP contribution is -2.45. The Balaban J connectivity index is 1.73. The first kappa shape index (κ1) is 14.3. The van der Waals surface area contributed by atoms with Crippen LogP contribution in [0.25, 0.3) is 0 Å². The van der Waals surface area contributed by atoms with Gasteiger partial charge in [-0.05, 0) is 25.0 Å². The maximum atomic E-state index is 11.8. The fourth-order valence-corrected chi connectivity index (χ4v) is 2.26. The number of carbonyl (C=O) groups is 1. The fourth-order valence-electron chi connectivity index (χ4n) is 2.26. The highest BCUT2D eigenvalue weighted by Gasteiger charge is 2.16. The molecule has 1 aromatic heterocycles. The zero-order chi connectivity index (χ0) is 14.2. The summed E-state index contributed by atoms with van der Waals surface area (Å²) in [5.41, 5.74) is 0.693. The Labute approximate surface area is 119 Å². The van der Waals surface area contributed by atoms with Gasteiger partial charge in [-0.25, -0.2) is 0 Å². The lowest BCUT2D eigenvalue weighted by Gasteiger charge is -2.16. The summed E-state index contributed by atoms with van der Waals surface area (Å²) in [6.45, 7) is 0.182. The molecule has 0 unspecified atom stereocenters. The molecule has 3 N–H and O–H groups in total. The SMILES string of the molecule is CN=C(NCC(=O)Nc1cccnc1)NC1CCCC1. The maximum Gasteiger partial charge on any atom is 0.243 e. The first-order valence-electron chi connectivity index (χ1n) is 6.95. The van der Waals surface area contributed by atoms with Crippen molar-refractivity contribution in [2.45, 2.75) is 31.7 Å². The van der Waals surface area contributed by atoms with Crippen molar-refractivity contribution in [3.05, 3.63) is 24.5 Å². The van der Waals surface area contributed by atoms with E-state index in [1.54, 1.807) is 31.6 Å². The molecule has 0 atom stereocenters. The summed E-state index contributed by atoms with van der Waals surface area (Å²) < 4.78 is 0. The van der Waals surface area contributed by atoms with E-state index in [0.29, 0.717) is 17.7 Å². The van der Waals surface area contributed by atoms with E-state index in [0.717, 1.165) is 0 Å². The van der Waals surface area contributed by atoms with Gasteiger partial charge >= 0.3 is 0 Å². The quantitative estimate of drug-likeness (QED) is 0.568. The number of anilines is 1. The molecular formula is C14H21N5O. The summed E-state index contributed by atoms with van der Waals surface area (Å²) in [6, 6.07) is 4.06. The first-order chi connectivity index (χ1) is 9.78. The Hall–Kier alpha value is -2.11. The highest BCUT2D eigenvalue weighted by molar-refractivity contribution is 5.94. The summed E-state index contributed by atoms with van der Waals surface area (Å²) in [7, 11) is 1.71. The van der Waals surface area contributed by atoms with Gasteiger partial charge in [-0.2, -0.15) is 0 Å². The zero-order valence-corrected chi connectivity index (χ0v) is 11.7. The Morgan fingerprint density at radius 1 is 1.45 bits per heavy atom. The second-order valence-corrected chi connectivity index (χ2v) is 4.84. The van der Waals surface area contributed by atoms with Crippen molar-refractivity contribution in [2.24, 2.45) is 4.99 Å². The van der Waals surface area contributed by atoms with E-state index in [-0.39, 0.29) is 12.5 Å². The number of hydrogen-bond donors (Lipinski definition) is 3. The molecule has 6 nitrogen and oxygen atoms in total. The second kappa shape index (κ2) is 7.47. The average molecular weight is 275 g/mol. The van der Waals surface area contributed by atoms with E-state index in [9.17, 15) is 4.79 Å². The monoisotopic (exact) mass is 275 g/mol. The number of hydrogen-bond acceptors (Lipinski definition) is 3. The number of nitrogens with one attached hydrogen (secondary N) is 3. The number of nitrogens with zero attached hydrogens (tertiary/aromatic N) is 2. The molecule has 0 radical (unpaired) electrons. The Bertz CT molecular complexity index is 454. The van der Waals surface area contributed by atoms with Gasteiger partial charge in [-0.1, -0.05) is 12.8 Å². The summed E-state index contributed by atoms with van der Waals surface area (Å²) in [6.07, 6.45) is 8.14. The molecule has 108 valence electrons. The first-order valence-corrected chi connectivity index (χ1v) is 6.95. The van der Waals surface area contributed by atoms with Gasteiger partial charge < -0.3 is 16.0 Å². The minimum Gasteiger partial charge on any atom is -0.354 e. The maximum absolute atomic E-state index is 11.8. The van der Waals surface area contributed by atoms with Gasteiger partial charge in [-0.15, -0.1) is 0 Å². The molecule has 0 aromatic carbocycles. The average Bonchev–Trinajstić information content (AvgIpc) is 2.97. The van der Waals surface area contributed by atoms with Crippen LogP contribution in [0, 0.1) is 0 Å². The molecule has 1 aliphatic carbocycles. The van der Waals surface area contributed by atoms with Crippen LogP contribution in [-0.4, -0.2) is 36.5 Å². The van der Waals surface area contributed by atoms with Crippen LogP contribution in [0.15, 0.2) is 29.5 Å². The molecule has 1 fully saturated rings. The van der Waals surface area contributed by atoms with Crippen molar-refractivity contribution in [3.63, 3.8) is 0 Å². The van der Waals surface area contributed by atoms with Crippen LogP contribution in [-0.2, 0) is 4.79 Å². The third-order valence-electron chi connectivity index (χ3n) is 3.28. The summed E-state index contributed by atoms with van der Waals surface area (Å²) in [4.78, 5) is 19.9. The molecule has 1 aromatic rings. The van der Waals surface area contributed by atoms with Crippen molar-refractivity contribution in [3.8, 4) is 0 Å². The molecule has 2 rings (SSSR count). The number of amides is 1. The highest BCUT2D eigenvalue weighted by atomic mass is 16.1. The van der Waals surface area contributed by atoms with Crippen LogP contribution in [0.4, 0.5) is 5.69 Å².